The lowest BCUT2D eigenvalue weighted by molar-refractivity contribution is -0.383. The predicted octanol–water partition coefficient (Wildman–Crippen LogP) is 2.98. The van der Waals surface area contributed by atoms with Crippen LogP contribution in [0.3, 0.4) is 0 Å². The van der Waals surface area contributed by atoms with E-state index in [1.807, 2.05) is 13.0 Å². The summed E-state index contributed by atoms with van der Waals surface area (Å²) >= 11 is 0. The van der Waals surface area contributed by atoms with Crippen LogP contribution in [0, 0.1) is 23.0 Å². The maximum Gasteiger partial charge on any atom is 0.295 e. The topological polar surface area (TPSA) is 62.5 Å². The fourth-order valence-electron chi connectivity index (χ4n) is 3.59. The first-order valence-electron chi connectivity index (χ1n) is 8.64. The fourth-order valence-corrected chi connectivity index (χ4v) is 3.59. The molecule has 6 heteroatoms. The lowest BCUT2D eigenvalue weighted by Gasteiger charge is -2.36. The number of piperazine rings is 1. The largest absolute Gasteiger partial charge is 0.368 e. The Kier molecular flexibility index (Phi) is 3.84. The molecule has 0 N–H and O–H groups in total. The highest BCUT2D eigenvalue weighted by molar-refractivity contribution is 5.97. The molecule has 2 aromatic rings. The number of rotatable bonds is 4. The van der Waals surface area contributed by atoms with Crippen molar-refractivity contribution in [1.29, 1.82) is 0 Å². The molecule has 126 valence electrons. The lowest BCUT2D eigenvalue weighted by Crippen LogP contribution is -2.47. The van der Waals surface area contributed by atoms with Gasteiger partial charge in [0.15, 0.2) is 5.52 Å². The van der Waals surface area contributed by atoms with Crippen LogP contribution in [-0.2, 0) is 0 Å². The molecule has 0 atom stereocenters. The van der Waals surface area contributed by atoms with Crippen molar-refractivity contribution < 1.29 is 4.92 Å². The molecule has 0 radical (unpaired) electrons. The summed E-state index contributed by atoms with van der Waals surface area (Å²) in [7, 11) is 0. The Morgan fingerprint density at radius 1 is 1.25 bits per heavy atom. The molecule has 24 heavy (non-hydrogen) atoms. The molecule has 0 amide bonds. The van der Waals surface area contributed by atoms with E-state index >= 15 is 0 Å². The van der Waals surface area contributed by atoms with Gasteiger partial charge in [-0.15, -0.1) is 0 Å². The summed E-state index contributed by atoms with van der Waals surface area (Å²) in [6.45, 7) is 7.20. The summed E-state index contributed by atoms with van der Waals surface area (Å²) in [4.78, 5) is 20.3. The normalized spacial score (nSPS) is 19.0. The van der Waals surface area contributed by atoms with Crippen LogP contribution in [0.4, 0.5) is 11.4 Å². The maximum atomic E-state index is 11.3. The minimum absolute atomic E-state index is 0.0878. The minimum Gasteiger partial charge on any atom is -0.368 e. The van der Waals surface area contributed by atoms with Gasteiger partial charge in [-0.05, 0) is 31.7 Å². The highest BCUT2D eigenvalue weighted by atomic mass is 16.6. The van der Waals surface area contributed by atoms with E-state index in [4.69, 9.17) is 0 Å². The molecule has 1 aromatic heterocycles. The number of nitro benzene ring substituents is 1. The van der Waals surface area contributed by atoms with Gasteiger partial charge in [0.05, 0.1) is 4.92 Å². The highest BCUT2D eigenvalue weighted by Crippen LogP contribution is 2.33. The number of anilines is 1. The molecule has 2 fully saturated rings. The van der Waals surface area contributed by atoms with E-state index in [2.05, 4.69) is 20.9 Å². The average Bonchev–Trinajstić information content (AvgIpc) is 3.38. The van der Waals surface area contributed by atoms with Crippen LogP contribution in [0.5, 0.6) is 0 Å². The molecule has 1 aromatic carbocycles. The van der Waals surface area contributed by atoms with Crippen LogP contribution < -0.4 is 4.90 Å². The molecule has 0 unspecified atom stereocenters. The smallest absolute Gasteiger partial charge is 0.295 e. The Morgan fingerprint density at radius 3 is 2.67 bits per heavy atom. The van der Waals surface area contributed by atoms with Gasteiger partial charge < -0.3 is 4.90 Å². The van der Waals surface area contributed by atoms with E-state index in [1.54, 1.807) is 6.07 Å². The van der Waals surface area contributed by atoms with Crippen molar-refractivity contribution in [1.82, 2.24) is 9.88 Å². The Bertz CT molecular complexity index is 780. The van der Waals surface area contributed by atoms with E-state index in [0.717, 1.165) is 48.9 Å². The van der Waals surface area contributed by atoms with E-state index in [0.29, 0.717) is 5.52 Å². The van der Waals surface area contributed by atoms with Gasteiger partial charge in [-0.1, -0.05) is 12.1 Å². The highest BCUT2D eigenvalue weighted by Gasteiger charge is 2.27. The molecule has 2 aliphatic rings. The molecule has 1 saturated carbocycles. The fraction of sp³-hybridized carbons (Fsp3) is 0.500. The van der Waals surface area contributed by atoms with Gasteiger partial charge in [0.2, 0.25) is 0 Å². The lowest BCUT2D eigenvalue weighted by atomic mass is 10.1. The average molecular weight is 326 g/mol. The predicted molar refractivity (Wildman–Crippen MR) is 94.5 cm³/mol. The van der Waals surface area contributed by atoms with Gasteiger partial charge in [-0.3, -0.25) is 15.0 Å². The second-order valence-electron chi connectivity index (χ2n) is 6.94. The molecule has 1 aliphatic heterocycles. The van der Waals surface area contributed by atoms with Crippen molar-refractivity contribution in [3.05, 3.63) is 40.1 Å². The van der Waals surface area contributed by atoms with Crippen molar-refractivity contribution in [2.75, 3.05) is 37.6 Å². The third kappa shape index (κ3) is 2.94. The van der Waals surface area contributed by atoms with Crippen LogP contribution in [0.1, 0.15) is 18.5 Å². The first kappa shape index (κ1) is 15.3. The summed E-state index contributed by atoms with van der Waals surface area (Å²) in [6.07, 6.45) is 2.77. The zero-order valence-electron chi connectivity index (χ0n) is 13.9. The van der Waals surface area contributed by atoms with Crippen molar-refractivity contribution in [2.45, 2.75) is 19.8 Å². The zero-order chi connectivity index (χ0) is 16.7. The number of nitrogens with zero attached hydrogens (tertiary/aromatic N) is 4. The molecule has 6 nitrogen and oxygen atoms in total. The summed E-state index contributed by atoms with van der Waals surface area (Å²) in [5.74, 6) is 0.920. The van der Waals surface area contributed by atoms with Gasteiger partial charge in [-0.2, -0.15) is 0 Å². The molecule has 4 rings (SSSR count). The molecule has 1 saturated heterocycles. The Balaban J connectivity index is 1.64. The first-order chi connectivity index (χ1) is 11.6. The molecule has 1 aliphatic carbocycles. The van der Waals surface area contributed by atoms with Crippen LogP contribution in [0.25, 0.3) is 10.9 Å². The number of hydrogen-bond acceptors (Lipinski definition) is 5. The molecule has 0 spiro atoms. The third-order valence-corrected chi connectivity index (χ3v) is 5.05. The summed E-state index contributed by atoms with van der Waals surface area (Å²) < 4.78 is 0. The number of aromatic nitrogens is 1. The minimum atomic E-state index is -0.341. The van der Waals surface area contributed by atoms with Crippen molar-refractivity contribution >= 4 is 22.3 Å². The van der Waals surface area contributed by atoms with Crippen LogP contribution in [0.2, 0.25) is 0 Å². The molecule has 2 heterocycles. The van der Waals surface area contributed by atoms with Gasteiger partial charge in [-0.25, -0.2) is 4.98 Å². The zero-order valence-corrected chi connectivity index (χ0v) is 13.9. The van der Waals surface area contributed by atoms with E-state index in [-0.39, 0.29) is 10.6 Å². The number of pyridine rings is 1. The van der Waals surface area contributed by atoms with Crippen molar-refractivity contribution in [3.8, 4) is 0 Å². The number of fused-ring (bicyclic) bond motifs is 1. The standard InChI is InChI=1S/C18H22N4O2/c1-13-11-17(15-3-2-4-16(22(23)24)18(15)19-13)21-9-7-20(8-10-21)12-14-5-6-14/h2-4,11,14H,5-10,12H2,1H3. The Hall–Kier alpha value is -2.21. The maximum absolute atomic E-state index is 11.3. The van der Waals surface area contributed by atoms with Gasteiger partial charge in [0.25, 0.3) is 5.69 Å². The van der Waals surface area contributed by atoms with Crippen LogP contribution >= 0.6 is 0 Å². The van der Waals surface area contributed by atoms with Gasteiger partial charge in [0.1, 0.15) is 0 Å². The SMILES string of the molecule is Cc1cc(N2CCN(CC3CC3)CC2)c2cccc([N+](=O)[O-])c2n1. The van der Waals surface area contributed by atoms with E-state index < -0.39 is 0 Å². The third-order valence-electron chi connectivity index (χ3n) is 5.05. The summed E-state index contributed by atoms with van der Waals surface area (Å²) in [5.41, 5.74) is 2.49. The number of benzene rings is 1. The molecule has 0 bridgehead atoms. The van der Waals surface area contributed by atoms with Gasteiger partial charge in [0, 0.05) is 55.6 Å². The van der Waals surface area contributed by atoms with Crippen molar-refractivity contribution in [2.24, 2.45) is 5.92 Å². The molecular weight excluding hydrogens is 304 g/mol. The van der Waals surface area contributed by atoms with Crippen molar-refractivity contribution in [3.63, 3.8) is 0 Å². The number of aryl methyl sites for hydroxylation is 1. The van der Waals surface area contributed by atoms with E-state index in [9.17, 15) is 10.1 Å². The summed E-state index contributed by atoms with van der Waals surface area (Å²) in [6, 6.07) is 7.29. The number of nitro groups is 1. The Morgan fingerprint density at radius 2 is 2.00 bits per heavy atom. The number of para-hydroxylation sites is 1. The number of non-ortho nitro benzene ring substituents is 1. The number of hydrogen-bond donors (Lipinski definition) is 0. The quantitative estimate of drug-likeness (QED) is 0.638. The van der Waals surface area contributed by atoms with Crippen LogP contribution in [-0.4, -0.2) is 47.5 Å². The molecular formula is C18H22N4O2. The van der Waals surface area contributed by atoms with Gasteiger partial charge >= 0.3 is 0 Å². The van der Waals surface area contributed by atoms with Crippen LogP contribution in [0.15, 0.2) is 24.3 Å². The second kappa shape index (κ2) is 6.02. The van der Waals surface area contributed by atoms with E-state index in [1.165, 1.54) is 25.5 Å². The monoisotopic (exact) mass is 326 g/mol. The first-order valence-corrected chi connectivity index (χ1v) is 8.64. The summed E-state index contributed by atoms with van der Waals surface area (Å²) in [5, 5.41) is 12.2. The second-order valence-corrected chi connectivity index (χ2v) is 6.94. The Labute approximate surface area is 141 Å².